The van der Waals surface area contributed by atoms with Crippen LogP contribution in [0.2, 0.25) is 0 Å². The lowest BCUT2D eigenvalue weighted by Gasteiger charge is -2.14. The second-order valence-electron chi connectivity index (χ2n) is 4.23. The number of anilines is 2. The molecule has 0 saturated heterocycles. The van der Waals surface area contributed by atoms with Crippen LogP contribution in [0.4, 0.5) is 11.5 Å². The molecule has 0 radical (unpaired) electrons. The minimum Gasteiger partial charge on any atom is -0.405 e. The van der Waals surface area contributed by atoms with Gasteiger partial charge in [0.25, 0.3) is 0 Å². The van der Waals surface area contributed by atoms with Crippen LogP contribution in [-0.4, -0.2) is 16.1 Å². The Hall–Kier alpha value is -2.69. The molecule has 5 nitrogen and oxygen atoms in total. The van der Waals surface area contributed by atoms with E-state index >= 15 is 0 Å². The summed E-state index contributed by atoms with van der Waals surface area (Å²) in [6.45, 7) is 0.773. The van der Waals surface area contributed by atoms with Crippen molar-refractivity contribution in [2.24, 2.45) is 5.73 Å². The van der Waals surface area contributed by atoms with E-state index in [4.69, 9.17) is 11.5 Å². The molecule has 1 aliphatic heterocycles. The molecule has 19 heavy (non-hydrogen) atoms. The molecular weight excluding hydrogens is 238 g/mol. The van der Waals surface area contributed by atoms with Gasteiger partial charge < -0.3 is 16.8 Å². The molecule has 2 aromatic heterocycles. The Labute approximate surface area is 111 Å². The smallest absolute Gasteiger partial charge is 0.138 e. The highest BCUT2D eigenvalue weighted by Gasteiger charge is 2.20. The molecule has 5 heteroatoms. The lowest BCUT2D eigenvalue weighted by molar-refractivity contribution is 0.988. The van der Waals surface area contributed by atoms with Gasteiger partial charge in [0.1, 0.15) is 11.6 Å². The molecule has 1 aliphatic rings. The van der Waals surface area contributed by atoms with Crippen molar-refractivity contribution in [1.29, 1.82) is 0 Å². The number of fused-ring (bicyclic) bond motifs is 1. The van der Waals surface area contributed by atoms with E-state index in [1.54, 1.807) is 12.3 Å². The Kier molecular flexibility index (Phi) is 2.72. The Morgan fingerprint density at radius 2 is 2.26 bits per heavy atom. The number of nitrogens with one attached hydrogen (secondary N) is 1. The van der Waals surface area contributed by atoms with Crippen LogP contribution in [-0.2, 0) is 0 Å². The van der Waals surface area contributed by atoms with Crippen molar-refractivity contribution < 1.29 is 0 Å². The Morgan fingerprint density at radius 3 is 3.00 bits per heavy atom. The van der Waals surface area contributed by atoms with Gasteiger partial charge in [-0.15, -0.1) is 0 Å². The molecule has 0 fully saturated rings. The average molecular weight is 253 g/mol. The maximum absolute atomic E-state index is 6.20. The first-order chi connectivity index (χ1) is 9.33. The second kappa shape index (κ2) is 4.53. The average Bonchev–Trinajstić information content (AvgIpc) is 2.74. The van der Waals surface area contributed by atoms with Gasteiger partial charge in [-0.25, -0.2) is 4.98 Å². The van der Waals surface area contributed by atoms with Crippen LogP contribution >= 0.6 is 0 Å². The van der Waals surface area contributed by atoms with Crippen LogP contribution in [0.15, 0.2) is 36.7 Å². The van der Waals surface area contributed by atoms with Crippen LogP contribution < -0.4 is 16.8 Å². The SMILES string of the molecule is N/C=C\c1c(N)c2c(n1-c1ccccn1)NCC=C2. The summed E-state index contributed by atoms with van der Waals surface area (Å²) >= 11 is 0. The Morgan fingerprint density at radius 1 is 1.37 bits per heavy atom. The van der Waals surface area contributed by atoms with Gasteiger partial charge in [0, 0.05) is 18.3 Å². The summed E-state index contributed by atoms with van der Waals surface area (Å²) in [6.07, 6.45) is 9.09. The number of hydrogen-bond donors (Lipinski definition) is 3. The number of pyridine rings is 1. The largest absolute Gasteiger partial charge is 0.405 e. The van der Waals surface area contributed by atoms with Crippen molar-refractivity contribution in [3.05, 3.63) is 47.9 Å². The summed E-state index contributed by atoms with van der Waals surface area (Å²) in [7, 11) is 0. The molecule has 0 aliphatic carbocycles. The molecule has 5 N–H and O–H groups in total. The van der Waals surface area contributed by atoms with Gasteiger partial charge >= 0.3 is 0 Å². The molecule has 0 saturated carbocycles. The van der Waals surface area contributed by atoms with Crippen molar-refractivity contribution >= 4 is 23.7 Å². The first-order valence-corrected chi connectivity index (χ1v) is 6.07. The lowest BCUT2D eigenvalue weighted by Crippen LogP contribution is -2.10. The van der Waals surface area contributed by atoms with E-state index in [0.717, 1.165) is 29.4 Å². The maximum atomic E-state index is 6.20. The van der Waals surface area contributed by atoms with E-state index in [1.165, 1.54) is 6.20 Å². The van der Waals surface area contributed by atoms with Crippen LogP contribution in [0, 0.1) is 0 Å². The third-order valence-corrected chi connectivity index (χ3v) is 3.09. The van der Waals surface area contributed by atoms with Crippen LogP contribution in [0.3, 0.4) is 0 Å². The van der Waals surface area contributed by atoms with Gasteiger partial charge in [-0.2, -0.15) is 0 Å². The lowest BCUT2D eigenvalue weighted by atomic mass is 10.2. The maximum Gasteiger partial charge on any atom is 0.138 e. The normalized spacial score (nSPS) is 13.5. The number of aromatic nitrogens is 2. The predicted molar refractivity (Wildman–Crippen MR) is 78.7 cm³/mol. The Balaban J connectivity index is 2.31. The fraction of sp³-hybridized carbons (Fsp3) is 0.0714. The third kappa shape index (κ3) is 1.76. The summed E-state index contributed by atoms with van der Waals surface area (Å²) in [5.41, 5.74) is 14.2. The van der Waals surface area contributed by atoms with Crippen molar-refractivity contribution in [3.63, 3.8) is 0 Å². The van der Waals surface area contributed by atoms with Crippen LogP contribution in [0.1, 0.15) is 11.3 Å². The van der Waals surface area contributed by atoms with Gasteiger partial charge in [-0.1, -0.05) is 18.2 Å². The molecule has 0 amide bonds. The molecule has 0 atom stereocenters. The quantitative estimate of drug-likeness (QED) is 0.762. The highest BCUT2D eigenvalue weighted by Crippen LogP contribution is 2.35. The molecule has 0 bridgehead atoms. The van der Waals surface area contributed by atoms with E-state index in [-0.39, 0.29) is 0 Å². The van der Waals surface area contributed by atoms with Gasteiger partial charge in [-0.3, -0.25) is 4.57 Å². The van der Waals surface area contributed by atoms with Gasteiger partial charge in [0.2, 0.25) is 0 Å². The van der Waals surface area contributed by atoms with E-state index in [0.29, 0.717) is 5.69 Å². The minimum absolute atomic E-state index is 0.700. The summed E-state index contributed by atoms with van der Waals surface area (Å²) in [5, 5.41) is 3.33. The fourth-order valence-corrected chi connectivity index (χ4v) is 2.28. The van der Waals surface area contributed by atoms with E-state index in [9.17, 15) is 0 Å². The van der Waals surface area contributed by atoms with E-state index in [1.807, 2.05) is 34.9 Å². The molecule has 0 spiro atoms. The monoisotopic (exact) mass is 253 g/mol. The Bertz CT molecular complexity index is 652. The predicted octanol–water partition coefficient (Wildman–Crippen LogP) is 1.82. The molecule has 0 aromatic carbocycles. The number of hydrogen-bond acceptors (Lipinski definition) is 4. The van der Waals surface area contributed by atoms with Gasteiger partial charge in [0.05, 0.1) is 11.4 Å². The summed E-state index contributed by atoms with van der Waals surface area (Å²) in [4.78, 5) is 4.38. The standard InChI is InChI=1S/C14H15N5/c15-7-6-11-13(16)10-4-3-9-18-14(10)19(11)12-5-1-2-8-17-12/h1-8,18H,9,15-16H2/b7-6-. The third-order valence-electron chi connectivity index (χ3n) is 3.09. The van der Waals surface area contributed by atoms with E-state index < -0.39 is 0 Å². The minimum atomic E-state index is 0.700. The highest BCUT2D eigenvalue weighted by atomic mass is 15.2. The van der Waals surface area contributed by atoms with Gasteiger partial charge in [0.15, 0.2) is 0 Å². The second-order valence-corrected chi connectivity index (χ2v) is 4.23. The van der Waals surface area contributed by atoms with E-state index in [2.05, 4.69) is 10.3 Å². The van der Waals surface area contributed by atoms with Crippen LogP contribution in [0.25, 0.3) is 18.0 Å². The summed E-state index contributed by atoms with van der Waals surface area (Å²) in [6, 6.07) is 5.77. The van der Waals surface area contributed by atoms with Crippen molar-refractivity contribution in [1.82, 2.24) is 9.55 Å². The van der Waals surface area contributed by atoms with Gasteiger partial charge in [-0.05, 0) is 24.4 Å². The fourth-order valence-electron chi connectivity index (χ4n) is 2.28. The zero-order chi connectivity index (χ0) is 13.2. The summed E-state index contributed by atoms with van der Waals surface area (Å²) < 4.78 is 1.98. The number of rotatable bonds is 2. The molecule has 3 rings (SSSR count). The molecule has 2 aromatic rings. The van der Waals surface area contributed by atoms with Crippen molar-refractivity contribution in [2.45, 2.75) is 0 Å². The topological polar surface area (TPSA) is 81.9 Å². The van der Waals surface area contributed by atoms with Crippen molar-refractivity contribution in [3.8, 4) is 5.82 Å². The molecular formula is C14H15N5. The zero-order valence-electron chi connectivity index (χ0n) is 10.4. The first kappa shape index (κ1) is 11.4. The summed E-state index contributed by atoms with van der Waals surface area (Å²) in [5.74, 6) is 1.76. The molecule has 3 heterocycles. The number of nitrogen functional groups attached to an aromatic ring is 1. The molecule has 96 valence electrons. The highest BCUT2D eigenvalue weighted by molar-refractivity contribution is 5.86. The number of nitrogens with two attached hydrogens (primary N) is 2. The molecule has 0 unspecified atom stereocenters. The number of nitrogens with zero attached hydrogens (tertiary/aromatic N) is 2. The van der Waals surface area contributed by atoms with Crippen molar-refractivity contribution in [2.75, 3.05) is 17.6 Å². The first-order valence-electron chi connectivity index (χ1n) is 6.07. The van der Waals surface area contributed by atoms with Crippen LogP contribution in [0.5, 0.6) is 0 Å². The zero-order valence-corrected chi connectivity index (χ0v) is 10.4.